The lowest BCUT2D eigenvalue weighted by Crippen LogP contribution is -2.23. The van der Waals surface area contributed by atoms with Crippen LogP contribution in [0.15, 0.2) is 5.16 Å². The molecule has 0 aromatic rings. The standard InChI is InChI=1S/C9H16N2O2.ClH/c1-12-4-5-13-10-9-7-11-3-2-8(9)6-11;/h8H,2-7H2,1H3;1H. The van der Waals surface area contributed by atoms with Crippen LogP contribution in [0.3, 0.4) is 0 Å². The molecule has 0 aromatic carbocycles. The van der Waals surface area contributed by atoms with Gasteiger partial charge >= 0.3 is 0 Å². The van der Waals surface area contributed by atoms with E-state index in [1.54, 1.807) is 7.11 Å². The molecule has 0 spiro atoms. The van der Waals surface area contributed by atoms with E-state index in [1.807, 2.05) is 0 Å². The first-order valence-electron chi connectivity index (χ1n) is 4.80. The molecule has 82 valence electrons. The normalized spacial score (nSPS) is 31.9. The average molecular weight is 221 g/mol. The van der Waals surface area contributed by atoms with Crippen molar-refractivity contribution in [1.29, 1.82) is 0 Å². The van der Waals surface area contributed by atoms with Crippen LogP contribution in [0.4, 0.5) is 0 Å². The third-order valence-corrected chi connectivity index (χ3v) is 2.69. The van der Waals surface area contributed by atoms with Gasteiger partial charge in [-0.2, -0.15) is 0 Å². The summed E-state index contributed by atoms with van der Waals surface area (Å²) in [4.78, 5) is 7.57. The highest BCUT2D eigenvalue weighted by atomic mass is 35.5. The van der Waals surface area contributed by atoms with Crippen molar-refractivity contribution in [2.45, 2.75) is 6.42 Å². The maximum Gasteiger partial charge on any atom is 0.140 e. The second-order valence-electron chi connectivity index (χ2n) is 3.63. The summed E-state index contributed by atoms with van der Waals surface area (Å²) >= 11 is 0. The summed E-state index contributed by atoms with van der Waals surface area (Å²) in [7, 11) is 1.67. The summed E-state index contributed by atoms with van der Waals surface area (Å²) in [5.41, 5.74) is 1.22. The first-order chi connectivity index (χ1) is 6.40. The predicted molar refractivity (Wildman–Crippen MR) is 57.1 cm³/mol. The van der Waals surface area contributed by atoms with Crippen LogP contribution in [-0.2, 0) is 9.57 Å². The topological polar surface area (TPSA) is 34.1 Å². The van der Waals surface area contributed by atoms with E-state index in [2.05, 4.69) is 10.1 Å². The Morgan fingerprint density at radius 2 is 2.36 bits per heavy atom. The van der Waals surface area contributed by atoms with E-state index in [1.165, 1.54) is 25.2 Å². The van der Waals surface area contributed by atoms with Gasteiger partial charge < -0.3 is 9.57 Å². The van der Waals surface area contributed by atoms with Gasteiger partial charge in [0.15, 0.2) is 0 Å². The zero-order valence-corrected chi connectivity index (χ0v) is 9.26. The molecule has 2 rings (SSSR count). The van der Waals surface area contributed by atoms with Crippen molar-refractivity contribution in [2.24, 2.45) is 11.1 Å². The number of oxime groups is 1. The number of rotatable bonds is 4. The maximum atomic E-state index is 5.15. The Bertz CT molecular complexity index is 211. The molecule has 14 heavy (non-hydrogen) atoms. The molecule has 0 aromatic heterocycles. The van der Waals surface area contributed by atoms with Crippen molar-refractivity contribution in [2.75, 3.05) is 40.0 Å². The van der Waals surface area contributed by atoms with Gasteiger partial charge in [-0.15, -0.1) is 12.4 Å². The van der Waals surface area contributed by atoms with Gasteiger partial charge in [0.25, 0.3) is 0 Å². The highest BCUT2D eigenvalue weighted by Crippen LogP contribution is 2.25. The molecule has 2 bridgehead atoms. The molecular weight excluding hydrogens is 204 g/mol. The number of hydrogen-bond donors (Lipinski definition) is 0. The number of methoxy groups -OCH3 is 1. The molecule has 2 saturated heterocycles. The molecule has 2 aliphatic heterocycles. The van der Waals surface area contributed by atoms with Crippen LogP contribution in [0.2, 0.25) is 0 Å². The first-order valence-corrected chi connectivity index (χ1v) is 4.80. The van der Waals surface area contributed by atoms with E-state index in [4.69, 9.17) is 9.57 Å². The molecule has 2 atom stereocenters. The molecule has 4 nitrogen and oxygen atoms in total. The van der Waals surface area contributed by atoms with Gasteiger partial charge in [-0.05, 0) is 13.0 Å². The van der Waals surface area contributed by atoms with Gasteiger partial charge in [0.05, 0.1) is 12.3 Å². The van der Waals surface area contributed by atoms with Crippen LogP contribution in [0.25, 0.3) is 0 Å². The lowest BCUT2D eigenvalue weighted by molar-refractivity contribution is 0.0741. The summed E-state index contributed by atoms with van der Waals surface area (Å²) < 4.78 is 4.86. The lowest BCUT2D eigenvalue weighted by atomic mass is 10.0. The molecule has 0 aliphatic carbocycles. The third-order valence-electron chi connectivity index (χ3n) is 2.69. The third kappa shape index (κ3) is 2.59. The number of hydrogen-bond acceptors (Lipinski definition) is 4. The van der Waals surface area contributed by atoms with Crippen LogP contribution in [-0.4, -0.2) is 50.6 Å². The molecule has 2 fully saturated rings. The molecule has 0 N–H and O–H groups in total. The Balaban J connectivity index is 0.000000980. The zero-order chi connectivity index (χ0) is 9.10. The van der Waals surface area contributed by atoms with Crippen molar-refractivity contribution in [3.63, 3.8) is 0 Å². The minimum Gasteiger partial charge on any atom is -0.393 e. The molecule has 0 saturated carbocycles. The van der Waals surface area contributed by atoms with Crippen molar-refractivity contribution in [3.8, 4) is 0 Å². The van der Waals surface area contributed by atoms with Crippen molar-refractivity contribution >= 4 is 18.1 Å². The summed E-state index contributed by atoms with van der Waals surface area (Å²) in [5, 5.41) is 4.14. The van der Waals surface area contributed by atoms with Crippen LogP contribution in [0.1, 0.15) is 6.42 Å². The quantitative estimate of drug-likeness (QED) is 0.518. The van der Waals surface area contributed by atoms with Gasteiger partial charge in [0, 0.05) is 26.1 Å². The van der Waals surface area contributed by atoms with Crippen LogP contribution < -0.4 is 0 Å². The summed E-state index contributed by atoms with van der Waals surface area (Å²) in [6.45, 7) is 4.61. The fraction of sp³-hybridized carbons (Fsp3) is 0.889. The molecule has 0 radical (unpaired) electrons. The number of fused-ring (bicyclic) bond motifs is 2. The largest absolute Gasteiger partial charge is 0.393 e. The number of nitrogens with zero attached hydrogens (tertiary/aromatic N) is 2. The zero-order valence-electron chi connectivity index (χ0n) is 8.44. The lowest BCUT2D eigenvalue weighted by Gasteiger charge is -2.12. The van der Waals surface area contributed by atoms with E-state index < -0.39 is 0 Å². The predicted octanol–water partition coefficient (Wildman–Crippen LogP) is 0.763. The Kier molecular flexibility index (Phi) is 4.65. The Morgan fingerprint density at radius 1 is 1.50 bits per heavy atom. The van der Waals surface area contributed by atoms with Crippen molar-refractivity contribution in [1.82, 2.24) is 4.90 Å². The van der Waals surface area contributed by atoms with Crippen molar-refractivity contribution in [3.05, 3.63) is 0 Å². The SMILES string of the molecule is COCCON=C1CN2CCC1C2.Cl. The molecule has 0 amide bonds. The van der Waals surface area contributed by atoms with Gasteiger partial charge in [0.1, 0.15) is 6.61 Å². The van der Waals surface area contributed by atoms with Crippen LogP contribution in [0, 0.1) is 5.92 Å². The Labute approximate surface area is 90.6 Å². The van der Waals surface area contributed by atoms with Crippen LogP contribution in [0.5, 0.6) is 0 Å². The highest BCUT2D eigenvalue weighted by molar-refractivity contribution is 5.91. The van der Waals surface area contributed by atoms with E-state index in [-0.39, 0.29) is 12.4 Å². The maximum absolute atomic E-state index is 5.15. The molecule has 2 heterocycles. The monoisotopic (exact) mass is 220 g/mol. The van der Waals surface area contributed by atoms with Gasteiger partial charge in [-0.3, -0.25) is 4.90 Å². The molecule has 2 aliphatic rings. The molecule has 2 unspecified atom stereocenters. The second kappa shape index (κ2) is 5.53. The van der Waals surface area contributed by atoms with E-state index >= 15 is 0 Å². The number of piperidine rings is 1. The van der Waals surface area contributed by atoms with E-state index in [0.717, 1.165) is 6.54 Å². The van der Waals surface area contributed by atoms with E-state index in [9.17, 15) is 0 Å². The van der Waals surface area contributed by atoms with Crippen molar-refractivity contribution < 1.29 is 9.57 Å². The minimum absolute atomic E-state index is 0. The fourth-order valence-corrected chi connectivity index (χ4v) is 1.96. The first kappa shape index (κ1) is 11.8. The van der Waals surface area contributed by atoms with Gasteiger partial charge in [0.2, 0.25) is 0 Å². The minimum atomic E-state index is 0. The average Bonchev–Trinajstić information content (AvgIpc) is 2.73. The van der Waals surface area contributed by atoms with Gasteiger partial charge in [-0.25, -0.2) is 0 Å². The Hall–Kier alpha value is -0.320. The molecular formula is C9H17ClN2O2. The van der Waals surface area contributed by atoms with E-state index in [0.29, 0.717) is 19.1 Å². The summed E-state index contributed by atoms with van der Waals surface area (Å²) in [6.07, 6.45) is 1.26. The highest BCUT2D eigenvalue weighted by Gasteiger charge is 2.35. The summed E-state index contributed by atoms with van der Waals surface area (Å²) in [6, 6.07) is 0. The molecule has 5 heteroatoms. The Morgan fingerprint density at radius 3 is 2.93 bits per heavy atom. The smallest absolute Gasteiger partial charge is 0.140 e. The second-order valence-corrected chi connectivity index (χ2v) is 3.63. The van der Waals surface area contributed by atoms with Gasteiger partial charge in [-0.1, -0.05) is 5.16 Å². The van der Waals surface area contributed by atoms with Crippen LogP contribution >= 0.6 is 12.4 Å². The number of halogens is 1. The number of ether oxygens (including phenoxy) is 1. The summed E-state index contributed by atoms with van der Waals surface area (Å²) in [5.74, 6) is 0.669. The fourth-order valence-electron chi connectivity index (χ4n) is 1.96.